The standard InChI is InChI=1S/C10H13NO2S/c1-8-4-2-3-5-10(8)14(12,13)11-9-6-7-9/h2-5,9,11H,6-7H2,1H3. The highest BCUT2D eigenvalue weighted by Gasteiger charge is 2.28. The number of benzene rings is 1. The lowest BCUT2D eigenvalue weighted by Gasteiger charge is -2.07. The summed E-state index contributed by atoms with van der Waals surface area (Å²) >= 11 is 0. The first-order valence-electron chi connectivity index (χ1n) is 4.67. The van der Waals surface area contributed by atoms with Gasteiger partial charge < -0.3 is 0 Å². The maximum absolute atomic E-state index is 11.8. The summed E-state index contributed by atoms with van der Waals surface area (Å²) in [6, 6.07) is 7.20. The number of hydrogen-bond donors (Lipinski definition) is 1. The molecular weight excluding hydrogens is 198 g/mol. The van der Waals surface area contributed by atoms with Gasteiger partial charge in [0.15, 0.2) is 0 Å². The van der Waals surface area contributed by atoms with Gasteiger partial charge in [-0.05, 0) is 31.4 Å². The van der Waals surface area contributed by atoms with Gasteiger partial charge in [-0.1, -0.05) is 18.2 Å². The van der Waals surface area contributed by atoms with E-state index in [1.54, 1.807) is 12.1 Å². The molecule has 0 unspecified atom stereocenters. The van der Waals surface area contributed by atoms with Crippen molar-refractivity contribution in [3.8, 4) is 0 Å². The molecule has 0 atom stereocenters. The summed E-state index contributed by atoms with van der Waals surface area (Å²) in [6.45, 7) is 1.81. The second kappa shape index (κ2) is 3.37. The van der Waals surface area contributed by atoms with E-state index in [2.05, 4.69) is 4.72 Å². The van der Waals surface area contributed by atoms with Crippen LogP contribution in [-0.2, 0) is 10.0 Å². The molecule has 14 heavy (non-hydrogen) atoms. The number of hydrogen-bond acceptors (Lipinski definition) is 2. The number of aryl methyl sites for hydroxylation is 1. The molecular formula is C10H13NO2S. The minimum Gasteiger partial charge on any atom is -0.208 e. The smallest absolute Gasteiger partial charge is 0.208 e. The van der Waals surface area contributed by atoms with Gasteiger partial charge in [-0.2, -0.15) is 0 Å². The first-order chi connectivity index (χ1) is 6.59. The highest BCUT2D eigenvalue weighted by atomic mass is 32.2. The molecule has 0 bridgehead atoms. The third-order valence-electron chi connectivity index (χ3n) is 2.28. The fraction of sp³-hybridized carbons (Fsp3) is 0.400. The van der Waals surface area contributed by atoms with E-state index < -0.39 is 10.0 Å². The molecule has 1 aliphatic carbocycles. The third kappa shape index (κ3) is 1.96. The molecule has 0 radical (unpaired) electrons. The van der Waals surface area contributed by atoms with Crippen LogP contribution in [0.2, 0.25) is 0 Å². The Balaban J connectivity index is 2.33. The fourth-order valence-electron chi connectivity index (χ4n) is 1.34. The molecule has 0 heterocycles. The van der Waals surface area contributed by atoms with Crippen LogP contribution in [0, 0.1) is 6.92 Å². The SMILES string of the molecule is Cc1ccccc1S(=O)(=O)NC1CC1. The minimum atomic E-state index is -3.28. The van der Waals surface area contributed by atoms with Gasteiger partial charge >= 0.3 is 0 Å². The van der Waals surface area contributed by atoms with E-state index in [4.69, 9.17) is 0 Å². The van der Waals surface area contributed by atoms with E-state index in [1.165, 1.54) is 0 Å². The van der Waals surface area contributed by atoms with Gasteiger partial charge in [0.1, 0.15) is 0 Å². The topological polar surface area (TPSA) is 46.2 Å². The summed E-state index contributed by atoms with van der Waals surface area (Å²) in [5, 5.41) is 0. The monoisotopic (exact) mass is 211 g/mol. The van der Waals surface area contributed by atoms with Gasteiger partial charge in [0.25, 0.3) is 0 Å². The highest BCUT2D eigenvalue weighted by Crippen LogP contribution is 2.23. The maximum Gasteiger partial charge on any atom is 0.241 e. The zero-order valence-electron chi connectivity index (χ0n) is 8.03. The largest absolute Gasteiger partial charge is 0.241 e. The van der Waals surface area contributed by atoms with Crippen LogP contribution in [0.3, 0.4) is 0 Å². The van der Waals surface area contributed by atoms with Crippen LogP contribution in [0.1, 0.15) is 18.4 Å². The predicted octanol–water partition coefficient (Wildman–Crippen LogP) is 1.44. The van der Waals surface area contributed by atoms with E-state index >= 15 is 0 Å². The van der Waals surface area contributed by atoms with Gasteiger partial charge in [-0.15, -0.1) is 0 Å². The molecule has 1 fully saturated rings. The van der Waals surface area contributed by atoms with Crippen LogP contribution < -0.4 is 4.72 Å². The molecule has 3 nitrogen and oxygen atoms in total. The Kier molecular flexibility index (Phi) is 2.33. The molecule has 0 aromatic heterocycles. The van der Waals surface area contributed by atoms with Crippen molar-refractivity contribution in [3.05, 3.63) is 29.8 Å². The van der Waals surface area contributed by atoms with Crippen molar-refractivity contribution in [3.63, 3.8) is 0 Å². The van der Waals surface area contributed by atoms with E-state index in [0.717, 1.165) is 18.4 Å². The molecule has 1 N–H and O–H groups in total. The Hall–Kier alpha value is -0.870. The molecule has 0 saturated heterocycles. The third-order valence-corrected chi connectivity index (χ3v) is 3.96. The molecule has 2 rings (SSSR count). The average molecular weight is 211 g/mol. The Bertz CT molecular complexity index is 435. The maximum atomic E-state index is 11.8. The summed E-state index contributed by atoms with van der Waals surface area (Å²) in [5.41, 5.74) is 0.792. The van der Waals surface area contributed by atoms with Crippen LogP contribution in [0.4, 0.5) is 0 Å². The van der Waals surface area contributed by atoms with E-state index in [9.17, 15) is 8.42 Å². The van der Waals surface area contributed by atoms with Crippen LogP contribution in [0.15, 0.2) is 29.2 Å². The number of nitrogens with one attached hydrogen (secondary N) is 1. The van der Waals surface area contributed by atoms with Crippen LogP contribution in [0.5, 0.6) is 0 Å². The van der Waals surface area contributed by atoms with Crippen molar-refractivity contribution in [1.82, 2.24) is 4.72 Å². The van der Waals surface area contributed by atoms with E-state index in [-0.39, 0.29) is 6.04 Å². The van der Waals surface area contributed by atoms with E-state index in [1.807, 2.05) is 19.1 Å². The van der Waals surface area contributed by atoms with Crippen molar-refractivity contribution >= 4 is 10.0 Å². The second-order valence-electron chi connectivity index (χ2n) is 3.66. The van der Waals surface area contributed by atoms with Crippen molar-refractivity contribution in [2.24, 2.45) is 0 Å². The zero-order valence-corrected chi connectivity index (χ0v) is 8.84. The Morgan fingerprint density at radius 3 is 2.50 bits per heavy atom. The Labute approximate surface area is 84.2 Å². The van der Waals surface area contributed by atoms with Crippen molar-refractivity contribution < 1.29 is 8.42 Å². The Morgan fingerprint density at radius 2 is 1.93 bits per heavy atom. The van der Waals surface area contributed by atoms with Gasteiger partial charge in [0, 0.05) is 6.04 Å². The molecule has 0 amide bonds. The minimum absolute atomic E-state index is 0.166. The summed E-state index contributed by atoms with van der Waals surface area (Å²) < 4.78 is 26.2. The average Bonchev–Trinajstić information content (AvgIpc) is 2.88. The predicted molar refractivity (Wildman–Crippen MR) is 54.5 cm³/mol. The number of sulfonamides is 1. The lowest BCUT2D eigenvalue weighted by molar-refractivity contribution is 0.580. The molecule has 4 heteroatoms. The number of rotatable bonds is 3. The summed E-state index contributed by atoms with van der Waals surface area (Å²) in [7, 11) is -3.28. The van der Waals surface area contributed by atoms with Crippen molar-refractivity contribution in [2.75, 3.05) is 0 Å². The van der Waals surface area contributed by atoms with Gasteiger partial charge in [-0.3, -0.25) is 0 Å². The molecule has 1 aromatic rings. The highest BCUT2D eigenvalue weighted by molar-refractivity contribution is 7.89. The summed E-state index contributed by atoms with van der Waals surface area (Å²) in [5.74, 6) is 0. The van der Waals surface area contributed by atoms with Crippen LogP contribution in [-0.4, -0.2) is 14.5 Å². The molecule has 76 valence electrons. The quantitative estimate of drug-likeness (QED) is 0.822. The van der Waals surface area contributed by atoms with Crippen LogP contribution >= 0.6 is 0 Å². The first kappa shape index (κ1) is 9.68. The molecule has 1 saturated carbocycles. The van der Waals surface area contributed by atoms with E-state index in [0.29, 0.717) is 4.90 Å². The summed E-state index contributed by atoms with van der Waals surface area (Å²) in [4.78, 5) is 0.395. The molecule has 1 aliphatic rings. The van der Waals surface area contributed by atoms with Gasteiger partial charge in [0.05, 0.1) is 4.90 Å². The molecule has 1 aromatic carbocycles. The Morgan fingerprint density at radius 1 is 1.29 bits per heavy atom. The lowest BCUT2D eigenvalue weighted by atomic mass is 10.2. The zero-order chi connectivity index (χ0) is 10.2. The van der Waals surface area contributed by atoms with Crippen molar-refractivity contribution in [2.45, 2.75) is 30.7 Å². The van der Waals surface area contributed by atoms with Crippen LogP contribution in [0.25, 0.3) is 0 Å². The van der Waals surface area contributed by atoms with Crippen molar-refractivity contribution in [1.29, 1.82) is 0 Å². The first-order valence-corrected chi connectivity index (χ1v) is 6.16. The fourth-order valence-corrected chi connectivity index (χ4v) is 2.89. The second-order valence-corrected chi connectivity index (χ2v) is 5.34. The lowest BCUT2D eigenvalue weighted by Crippen LogP contribution is -2.26. The normalized spacial score (nSPS) is 16.9. The van der Waals surface area contributed by atoms with Gasteiger partial charge in [-0.25, -0.2) is 13.1 Å². The summed E-state index contributed by atoms with van der Waals surface area (Å²) in [6.07, 6.45) is 1.93. The molecule has 0 spiro atoms. The molecule has 0 aliphatic heterocycles. The van der Waals surface area contributed by atoms with Gasteiger partial charge in [0.2, 0.25) is 10.0 Å².